The van der Waals surface area contributed by atoms with Crippen molar-refractivity contribution in [3.05, 3.63) is 35.9 Å². The number of Topliss-reactive ketones (excluding diaryl/α,β-unsaturated/α-hetero) is 1. The molecule has 2 aliphatic heterocycles. The Morgan fingerprint density at radius 2 is 1.63 bits per heavy atom. The van der Waals surface area contributed by atoms with Gasteiger partial charge in [-0.2, -0.15) is 0 Å². The predicted octanol–water partition coefficient (Wildman–Crippen LogP) is 3.01. The van der Waals surface area contributed by atoms with E-state index in [0.29, 0.717) is 18.4 Å². The smallest absolute Gasteiger partial charge is 0.407 e. The number of rotatable bonds is 16. The fourth-order valence-corrected chi connectivity index (χ4v) is 10.1. The highest BCUT2D eigenvalue weighted by Gasteiger charge is 2.53. The van der Waals surface area contributed by atoms with Crippen molar-refractivity contribution in [1.82, 2.24) is 26.2 Å². The molecular weight excluding hydrogens is 711 g/mol. The number of benzene rings is 1. The fraction of sp³-hybridized carbons (Fsp3) is 0.639. The van der Waals surface area contributed by atoms with Crippen LogP contribution in [0.4, 0.5) is 4.79 Å². The number of ketones is 1. The van der Waals surface area contributed by atoms with E-state index in [1.807, 2.05) is 13.8 Å². The molecule has 3 unspecified atom stereocenters. The standard InChI is InChI=1S/C36H51N5O9S2/c1-4-11-25(30(43)32(45)37-19-27(42)39-29(34(47)48)24-14-9-6-10-15-24)38-31(44)26-18-36(51-16-17-52-36)21-41(26)33(46)28(23-12-7-5-8-13-23)40-35(49)50-20-22(2)3/h6,9-10,14-15,22-23,25-26,28-29H,4-5,7-8,11-13,16-21H2,1-3H3,(H,37,45)(H,38,44)(H,39,42)(H,40,49)(H,47,48)/t25?,26-,28?,29?/m0/s1. The van der Waals surface area contributed by atoms with E-state index in [1.54, 1.807) is 60.8 Å². The first-order chi connectivity index (χ1) is 24.8. The van der Waals surface area contributed by atoms with E-state index >= 15 is 0 Å². The van der Waals surface area contributed by atoms with Crippen LogP contribution in [0.1, 0.15) is 83.7 Å². The van der Waals surface area contributed by atoms with Crippen LogP contribution in [0.2, 0.25) is 0 Å². The average molecular weight is 762 g/mol. The third-order valence-electron chi connectivity index (χ3n) is 9.43. The van der Waals surface area contributed by atoms with Gasteiger partial charge in [-0.3, -0.25) is 24.0 Å². The molecule has 0 bridgehead atoms. The zero-order valence-electron chi connectivity index (χ0n) is 30.0. The lowest BCUT2D eigenvalue weighted by Crippen LogP contribution is -2.58. The van der Waals surface area contributed by atoms with Crippen LogP contribution < -0.4 is 21.3 Å². The van der Waals surface area contributed by atoms with Gasteiger partial charge in [-0.1, -0.05) is 76.8 Å². The first kappa shape index (κ1) is 41.0. The number of carbonyl (C=O) groups excluding carboxylic acids is 6. The van der Waals surface area contributed by atoms with Gasteiger partial charge in [0.1, 0.15) is 12.1 Å². The molecule has 0 radical (unpaired) electrons. The number of aliphatic carboxylic acids is 1. The van der Waals surface area contributed by atoms with Crippen LogP contribution in [0, 0.1) is 11.8 Å². The Hall–Kier alpha value is -3.79. The number of ether oxygens (including phenoxy) is 1. The Labute approximate surface area is 313 Å². The number of carbonyl (C=O) groups is 7. The molecule has 4 atom stereocenters. The number of nitrogens with one attached hydrogen (secondary N) is 4. The Kier molecular flexibility index (Phi) is 15.2. The van der Waals surface area contributed by atoms with Crippen molar-refractivity contribution in [1.29, 1.82) is 0 Å². The van der Waals surface area contributed by atoms with Gasteiger partial charge in [0.25, 0.3) is 5.91 Å². The number of alkyl carbamates (subject to hydrolysis) is 1. The summed E-state index contributed by atoms with van der Waals surface area (Å²) in [7, 11) is 0. The average Bonchev–Trinajstić information content (AvgIpc) is 3.77. The first-order valence-electron chi connectivity index (χ1n) is 18.0. The van der Waals surface area contributed by atoms with E-state index in [9.17, 15) is 38.7 Å². The lowest BCUT2D eigenvalue weighted by Gasteiger charge is -2.34. The summed E-state index contributed by atoms with van der Waals surface area (Å²) < 4.78 is 4.96. The third kappa shape index (κ3) is 11.1. The number of likely N-dealkylation sites (tertiary alicyclic amines) is 1. The van der Waals surface area contributed by atoms with Gasteiger partial charge in [-0.05, 0) is 36.7 Å². The molecule has 3 aliphatic rings. The van der Waals surface area contributed by atoms with Crippen molar-refractivity contribution in [3.63, 3.8) is 0 Å². The normalized spacial score (nSPS) is 20.1. The molecule has 1 aromatic carbocycles. The van der Waals surface area contributed by atoms with Crippen LogP contribution in [0.5, 0.6) is 0 Å². The highest BCUT2D eigenvalue weighted by Crippen LogP contribution is 2.52. The Balaban J connectivity index is 1.45. The lowest BCUT2D eigenvalue weighted by molar-refractivity contribution is -0.144. The van der Waals surface area contributed by atoms with Gasteiger partial charge in [-0.15, -0.1) is 23.5 Å². The molecule has 3 fully saturated rings. The van der Waals surface area contributed by atoms with Crippen LogP contribution in [0.25, 0.3) is 0 Å². The van der Waals surface area contributed by atoms with Crippen LogP contribution in [0.3, 0.4) is 0 Å². The second-order valence-electron chi connectivity index (χ2n) is 14.0. The third-order valence-corrected chi connectivity index (χ3v) is 12.9. The van der Waals surface area contributed by atoms with Crippen molar-refractivity contribution in [3.8, 4) is 0 Å². The fourth-order valence-electron chi connectivity index (χ4n) is 6.83. The lowest BCUT2D eigenvalue weighted by atomic mass is 9.83. The van der Waals surface area contributed by atoms with Crippen LogP contribution >= 0.6 is 23.5 Å². The van der Waals surface area contributed by atoms with E-state index < -0.39 is 70.4 Å². The van der Waals surface area contributed by atoms with Crippen LogP contribution in [-0.4, -0.2) is 105 Å². The van der Waals surface area contributed by atoms with E-state index in [-0.39, 0.29) is 37.3 Å². The number of thioether (sulfide) groups is 2. The van der Waals surface area contributed by atoms with E-state index in [1.165, 1.54) is 4.90 Å². The predicted molar refractivity (Wildman–Crippen MR) is 197 cm³/mol. The zero-order chi connectivity index (χ0) is 37.8. The highest BCUT2D eigenvalue weighted by atomic mass is 32.2. The Morgan fingerprint density at radius 3 is 2.25 bits per heavy atom. The summed E-state index contributed by atoms with van der Waals surface area (Å²) >= 11 is 3.38. The maximum absolute atomic E-state index is 14.4. The van der Waals surface area contributed by atoms with Crippen molar-refractivity contribution >= 4 is 65.0 Å². The summed E-state index contributed by atoms with van der Waals surface area (Å²) in [6.07, 6.45) is 4.63. The molecule has 1 saturated carbocycles. The van der Waals surface area contributed by atoms with Gasteiger partial charge in [0.05, 0.1) is 23.3 Å². The van der Waals surface area contributed by atoms with Crippen LogP contribution in [0.15, 0.2) is 30.3 Å². The summed E-state index contributed by atoms with van der Waals surface area (Å²) in [6.45, 7) is 5.45. The molecule has 286 valence electrons. The van der Waals surface area contributed by atoms with Gasteiger partial charge in [0.2, 0.25) is 23.5 Å². The van der Waals surface area contributed by atoms with Gasteiger partial charge in [0, 0.05) is 24.5 Å². The second-order valence-corrected chi connectivity index (χ2v) is 17.2. The summed E-state index contributed by atoms with van der Waals surface area (Å²) in [6, 6.07) is 3.62. The summed E-state index contributed by atoms with van der Waals surface area (Å²) in [5.74, 6) is -3.43. The van der Waals surface area contributed by atoms with E-state index in [0.717, 1.165) is 43.6 Å². The molecule has 0 aromatic heterocycles. The minimum Gasteiger partial charge on any atom is -0.479 e. The molecule has 5 amide bonds. The molecule has 52 heavy (non-hydrogen) atoms. The molecular formula is C36H51N5O9S2. The quantitative estimate of drug-likeness (QED) is 0.155. The van der Waals surface area contributed by atoms with Crippen molar-refractivity contribution in [2.24, 2.45) is 11.8 Å². The molecule has 16 heteroatoms. The minimum atomic E-state index is -1.36. The molecule has 14 nitrogen and oxygen atoms in total. The molecule has 5 N–H and O–H groups in total. The van der Waals surface area contributed by atoms with E-state index in [2.05, 4.69) is 21.3 Å². The number of carboxylic acids is 1. The molecule has 4 rings (SSSR count). The number of amides is 5. The van der Waals surface area contributed by atoms with E-state index in [4.69, 9.17) is 4.74 Å². The summed E-state index contributed by atoms with van der Waals surface area (Å²) in [5, 5.41) is 19.7. The van der Waals surface area contributed by atoms with Gasteiger partial charge < -0.3 is 36.0 Å². The van der Waals surface area contributed by atoms with Crippen molar-refractivity contribution < 1.29 is 43.4 Å². The summed E-state index contributed by atoms with van der Waals surface area (Å²) in [5.41, 5.74) is 0.332. The maximum Gasteiger partial charge on any atom is 0.407 e. The highest BCUT2D eigenvalue weighted by molar-refractivity contribution is 8.21. The second kappa shape index (κ2) is 19.3. The van der Waals surface area contributed by atoms with Gasteiger partial charge in [0.15, 0.2) is 6.04 Å². The first-order valence-corrected chi connectivity index (χ1v) is 20.0. The topological polar surface area (TPSA) is 200 Å². The SMILES string of the molecule is CCCC(NC(=O)[C@@H]1CC2(CN1C(=O)C(NC(=O)OCC(C)C)C1CCCCC1)SCCS2)C(=O)C(=O)NCC(=O)NC(C(=O)O)c1ccccc1. The van der Waals surface area contributed by atoms with Gasteiger partial charge >= 0.3 is 12.1 Å². The van der Waals surface area contributed by atoms with Crippen molar-refractivity contribution in [2.45, 2.75) is 100 Å². The molecule has 2 saturated heterocycles. The molecule has 1 aromatic rings. The Bertz CT molecular complexity index is 1450. The minimum absolute atomic E-state index is 0.111. The van der Waals surface area contributed by atoms with Gasteiger partial charge in [-0.25, -0.2) is 9.59 Å². The monoisotopic (exact) mass is 761 g/mol. The zero-order valence-corrected chi connectivity index (χ0v) is 31.7. The number of hydrogen-bond acceptors (Lipinski definition) is 10. The molecule has 2 heterocycles. The Morgan fingerprint density at radius 1 is 0.962 bits per heavy atom. The van der Waals surface area contributed by atoms with Crippen LogP contribution in [-0.2, 0) is 33.5 Å². The number of nitrogens with zero attached hydrogens (tertiary/aromatic N) is 1. The number of hydrogen-bond donors (Lipinski definition) is 5. The molecule has 1 aliphatic carbocycles. The van der Waals surface area contributed by atoms with Crippen molar-refractivity contribution in [2.75, 3.05) is 31.2 Å². The largest absolute Gasteiger partial charge is 0.479 e. The number of carboxylic acid groups (broad SMARTS) is 1. The summed E-state index contributed by atoms with van der Waals surface area (Å²) in [4.78, 5) is 93.6. The molecule has 1 spiro atoms. The maximum atomic E-state index is 14.4.